The van der Waals surface area contributed by atoms with E-state index in [1.807, 2.05) is 44.2 Å². The van der Waals surface area contributed by atoms with Gasteiger partial charge in [0.15, 0.2) is 5.78 Å². The third-order valence-corrected chi connectivity index (χ3v) is 16.5. The number of carbonyl (C=O) groups excluding carboxylic acids is 5. The predicted octanol–water partition coefficient (Wildman–Crippen LogP) is 4.46. The van der Waals surface area contributed by atoms with Gasteiger partial charge in [-0.1, -0.05) is 64.2 Å². The van der Waals surface area contributed by atoms with Crippen LogP contribution >= 0.6 is 0 Å². The highest BCUT2D eigenvalue weighted by molar-refractivity contribution is 6.39. The SMILES string of the molecule is COCCOCCOCCOCCOCCNC(=O)O[C@@H]1CC[C@@H](C[C@@H](N)[C@@H]2C[C@@H](O)[C@H](C)/C=C(\C)[C@@H](O)[C@@H](O)C(=O)[C@H](C)C[C@H](C)/C=C/C=C/C=C(\C)[C@@H](OC)C[C@@H]3CC[C@@H](C)[C@@](O)(O3)C(=O)C(=O)N3CCCC[C@H]3C(=O)O2)C[C@H]1OC. The van der Waals surface area contributed by atoms with E-state index in [-0.39, 0.29) is 62.8 Å². The van der Waals surface area contributed by atoms with Crippen molar-refractivity contribution in [3.63, 3.8) is 0 Å². The zero-order chi connectivity index (χ0) is 61.1. The number of rotatable bonds is 21. The first-order valence-corrected chi connectivity index (χ1v) is 29.9. The summed E-state index contributed by atoms with van der Waals surface area (Å²) in [5, 5.41) is 49.0. The molecule has 3 aliphatic heterocycles. The number of alkyl carbamates (subject to hydrolysis) is 1. The van der Waals surface area contributed by atoms with Gasteiger partial charge in [-0.15, -0.1) is 0 Å². The molecule has 22 heteroatoms. The van der Waals surface area contributed by atoms with Crippen LogP contribution in [0.3, 0.4) is 0 Å². The molecule has 7 N–H and O–H groups in total. The Kier molecular flexibility index (Phi) is 32.3. The summed E-state index contributed by atoms with van der Waals surface area (Å²) in [6.45, 7) is 14.4. The maximum atomic E-state index is 14.6. The highest BCUT2D eigenvalue weighted by Crippen LogP contribution is 2.37. The number of hydrogen-bond donors (Lipinski definition) is 6. The minimum Gasteiger partial charge on any atom is -0.459 e. The number of carbonyl (C=O) groups is 5. The van der Waals surface area contributed by atoms with Crippen molar-refractivity contribution in [2.45, 2.75) is 185 Å². The molecule has 3 heterocycles. The van der Waals surface area contributed by atoms with Crippen LogP contribution in [0.25, 0.3) is 0 Å². The van der Waals surface area contributed by atoms with E-state index in [2.05, 4.69) is 5.32 Å². The number of nitrogens with two attached hydrogens (primary N) is 1. The molecule has 2 bridgehead atoms. The fourth-order valence-corrected chi connectivity index (χ4v) is 11.2. The molecule has 22 nitrogen and oxygen atoms in total. The number of aliphatic hydroxyl groups excluding tert-OH is 3. The summed E-state index contributed by atoms with van der Waals surface area (Å²) in [6.07, 6.45) is 6.66. The summed E-state index contributed by atoms with van der Waals surface area (Å²) in [7, 11) is 4.70. The fraction of sp³-hybridized carbons (Fsp3) is 0.787. The van der Waals surface area contributed by atoms with Gasteiger partial charge in [0.05, 0.1) is 83.9 Å². The average Bonchev–Trinajstić information content (AvgIpc) is 3.52. The number of ether oxygens (including phenoxy) is 10. The number of nitrogens with one attached hydrogen (secondary N) is 1. The normalized spacial score (nSPS) is 35.0. The van der Waals surface area contributed by atoms with E-state index in [4.69, 9.17) is 53.1 Å². The first-order chi connectivity index (χ1) is 39.6. The number of aliphatic hydroxyl groups is 4. The van der Waals surface area contributed by atoms with Gasteiger partial charge in [0.1, 0.15) is 30.5 Å². The van der Waals surface area contributed by atoms with E-state index in [1.165, 1.54) is 7.11 Å². The van der Waals surface area contributed by atoms with E-state index in [1.54, 1.807) is 48.0 Å². The van der Waals surface area contributed by atoms with Crippen molar-refractivity contribution in [2.75, 3.05) is 93.9 Å². The molecular formula is C61H101N3O19. The van der Waals surface area contributed by atoms with Crippen molar-refractivity contribution in [3.8, 4) is 0 Å². The molecule has 83 heavy (non-hydrogen) atoms. The number of cyclic esters (lactones) is 1. The average molecular weight is 1180 g/mol. The summed E-state index contributed by atoms with van der Waals surface area (Å²) in [5.41, 5.74) is 8.10. The molecule has 2 saturated heterocycles. The van der Waals surface area contributed by atoms with Crippen LogP contribution in [0, 0.1) is 29.6 Å². The van der Waals surface area contributed by atoms with Gasteiger partial charge in [0, 0.05) is 71.1 Å². The molecule has 0 unspecified atom stereocenters. The van der Waals surface area contributed by atoms with Crippen LogP contribution in [0.1, 0.15) is 119 Å². The first-order valence-electron chi connectivity index (χ1n) is 29.9. The first kappa shape index (κ1) is 71.5. The minimum absolute atomic E-state index is 0.0292. The van der Waals surface area contributed by atoms with Crippen LogP contribution in [-0.2, 0) is 66.5 Å². The van der Waals surface area contributed by atoms with Gasteiger partial charge in [0.25, 0.3) is 11.7 Å². The number of Topliss-reactive ketones (excluding diaryl/α,β-unsaturated/α-hetero) is 2. The predicted molar refractivity (Wildman–Crippen MR) is 308 cm³/mol. The summed E-state index contributed by atoms with van der Waals surface area (Å²) in [5.74, 6) is -8.34. The Bertz CT molecular complexity index is 2110. The summed E-state index contributed by atoms with van der Waals surface area (Å²) >= 11 is 0. The maximum Gasteiger partial charge on any atom is 0.407 e. The van der Waals surface area contributed by atoms with E-state index in [0.29, 0.717) is 104 Å². The van der Waals surface area contributed by atoms with Crippen LogP contribution in [-0.4, -0.2) is 215 Å². The lowest BCUT2D eigenvalue weighted by atomic mass is 9.80. The Morgan fingerprint density at radius 3 is 2.07 bits per heavy atom. The Morgan fingerprint density at radius 2 is 1.42 bits per heavy atom. The number of methoxy groups -OCH3 is 3. The second kappa shape index (κ2) is 37.5. The van der Waals surface area contributed by atoms with Crippen molar-refractivity contribution in [1.82, 2.24) is 10.2 Å². The van der Waals surface area contributed by atoms with E-state index >= 15 is 0 Å². The second-order valence-electron chi connectivity index (χ2n) is 23.0. The smallest absolute Gasteiger partial charge is 0.407 e. The van der Waals surface area contributed by atoms with Crippen molar-refractivity contribution >= 4 is 29.5 Å². The zero-order valence-corrected chi connectivity index (χ0v) is 50.8. The molecule has 1 saturated carbocycles. The lowest BCUT2D eigenvalue weighted by Gasteiger charge is -2.42. The third-order valence-electron chi connectivity index (χ3n) is 16.5. The Morgan fingerprint density at radius 1 is 0.759 bits per heavy atom. The van der Waals surface area contributed by atoms with Gasteiger partial charge in [0.2, 0.25) is 5.79 Å². The molecule has 0 radical (unpaired) electrons. The van der Waals surface area contributed by atoms with Gasteiger partial charge < -0.3 is 83.7 Å². The lowest BCUT2D eigenvalue weighted by Crippen LogP contribution is -2.61. The highest BCUT2D eigenvalue weighted by atomic mass is 16.6. The van der Waals surface area contributed by atoms with Crippen molar-refractivity contribution < 1.29 is 91.8 Å². The van der Waals surface area contributed by atoms with Crippen LogP contribution in [0.5, 0.6) is 0 Å². The van der Waals surface area contributed by atoms with E-state index in [0.717, 1.165) is 10.5 Å². The van der Waals surface area contributed by atoms with Gasteiger partial charge >= 0.3 is 12.1 Å². The number of allylic oxidation sites excluding steroid dienone is 5. The zero-order valence-electron chi connectivity index (χ0n) is 50.8. The number of ketones is 2. The van der Waals surface area contributed by atoms with Crippen molar-refractivity contribution in [3.05, 3.63) is 47.6 Å². The van der Waals surface area contributed by atoms with Crippen LogP contribution < -0.4 is 11.1 Å². The molecule has 0 spiro atoms. The molecule has 16 atom stereocenters. The quantitative estimate of drug-likeness (QED) is 0.0400. The van der Waals surface area contributed by atoms with Gasteiger partial charge in [-0.25, -0.2) is 9.59 Å². The van der Waals surface area contributed by atoms with Crippen molar-refractivity contribution in [2.24, 2.45) is 35.3 Å². The number of nitrogens with zero attached hydrogens (tertiary/aromatic N) is 1. The lowest BCUT2D eigenvalue weighted by molar-refractivity contribution is -0.265. The number of fused-ring (bicyclic) bond motifs is 3. The molecule has 2 amide bonds. The fourth-order valence-electron chi connectivity index (χ4n) is 11.2. The topological polar surface area (TPSA) is 300 Å². The maximum absolute atomic E-state index is 14.6. The number of esters is 1. The Labute approximate surface area is 492 Å². The van der Waals surface area contributed by atoms with Crippen LogP contribution in [0.15, 0.2) is 47.6 Å². The molecule has 0 aromatic heterocycles. The number of amides is 2. The molecule has 0 aromatic rings. The van der Waals surface area contributed by atoms with Crippen molar-refractivity contribution in [1.29, 1.82) is 0 Å². The van der Waals surface area contributed by atoms with Gasteiger partial charge in [-0.05, 0) is 101 Å². The van der Waals surface area contributed by atoms with Gasteiger partial charge in [-0.3, -0.25) is 14.4 Å². The summed E-state index contributed by atoms with van der Waals surface area (Å²) in [6, 6.07) is -2.11. The molecule has 474 valence electrons. The molecule has 0 aromatic carbocycles. The number of hydrogen-bond acceptors (Lipinski definition) is 20. The van der Waals surface area contributed by atoms with Crippen LogP contribution in [0.4, 0.5) is 4.79 Å². The third kappa shape index (κ3) is 23.3. The second-order valence-corrected chi connectivity index (χ2v) is 23.0. The van der Waals surface area contributed by atoms with E-state index < -0.39 is 114 Å². The molecule has 3 fully saturated rings. The van der Waals surface area contributed by atoms with E-state index in [9.17, 15) is 44.4 Å². The molecule has 4 aliphatic rings. The highest BCUT2D eigenvalue weighted by Gasteiger charge is 2.53. The Balaban J connectivity index is 1.48. The Hall–Kier alpha value is -4.01. The minimum atomic E-state index is -2.48. The standard InChI is InChI=1S/C61H101N3O19/c1-39-15-11-10-12-16-40(2)51(75-8)37-46-20-18-44(6)61(73,83-46)57(69)58(70)64-23-14-13-17-48(64)59(71)81-52(38-49(65)41(3)34-43(5)55(67)56(68)54(66)42(4)33-39)47(62)35-45-19-21-50(53(36-45)76-9)82-60(72)63-22-24-77-27-28-79-31-32-80-30-29-78-26-25-74-7/h10-12,15-16,34,39,41-42,44-53,55-56,65,67-68,73H,13-14,17-33,35-38,62H2,1-9H3,(H,63,72)/b12-10+,15-11+,40-16+,43-34+/t39-,41-,42-,44-,45+,46+,47-,48+,49-,50-,51+,52+,53-,55-,56+,61-/m1/s1. The molecule has 1 aliphatic carbocycles. The molecular weight excluding hydrogens is 1080 g/mol. The summed E-state index contributed by atoms with van der Waals surface area (Å²) in [4.78, 5) is 70.8. The molecule has 4 rings (SSSR count). The van der Waals surface area contributed by atoms with Gasteiger partial charge in [-0.2, -0.15) is 0 Å². The number of piperidine rings is 1. The summed E-state index contributed by atoms with van der Waals surface area (Å²) < 4.78 is 56.7. The monoisotopic (exact) mass is 1180 g/mol. The largest absolute Gasteiger partial charge is 0.459 e. The van der Waals surface area contributed by atoms with Crippen LogP contribution in [0.2, 0.25) is 0 Å².